The second-order valence-corrected chi connectivity index (χ2v) is 3.41. The predicted molar refractivity (Wildman–Crippen MR) is 50.4 cm³/mol. The molecule has 0 N–H and O–H groups in total. The molecule has 14 heavy (non-hydrogen) atoms. The summed E-state index contributed by atoms with van der Waals surface area (Å²) in [5, 5.41) is 8.59. The van der Waals surface area contributed by atoms with Crippen molar-refractivity contribution in [1.82, 2.24) is 0 Å². The van der Waals surface area contributed by atoms with Crippen LogP contribution >= 0.6 is 15.9 Å². The lowest BCUT2D eigenvalue weighted by Gasteiger charge is -2.05. The molecule has 0 atom stereocenters. The number of hydrogen-bond acceptors (Lipinski definition) is 2. The van der Waals surface area contributed by atoms with Crippen LogP contribution in [0.15, 0.2) is 22.7 Å². The van der Waals surface area contributed by atoms with Crippen molar-refractivity contribution in [3.8, 4) is 11.8 Å². The molecule has 74 valence electrons. The van der Waals surface area contributed by atoms with Crippen molar-refractivity contribution < 1.29 is 13.5 Å². The topological polar surface area (TPSA) is 33.0 Å². The lowest BCUT2D eigenvalue weighted by Crippen LogP contribution is -2.06. The van der Waals surface area contributed by atoms with Gasteiger partial charge in [0.25, 0.3) is 6.43 Å². The molecule has 5 heteroatoms. The van der Waals surface area contributed by atoms with Crippen molar-refractivity contribution in [3.05, 3.63) is 28.2 Å². The average Bonchev–Trinajstić information content (AvgIpc) is 2.14. The highest BCUT2D eigenvalue weighted by Gasteiger charge is 2.05. The molecule has 0 saturated carbocycles. The van der Waals surface area contributed by atoms with Crippen molar-refractivity contribution >= 4 is 15.9 Å². The van der Waals surface area contributed by atoms with Gasteiger partial charge < -0.3 is 4.74 Å². The maximum atomic E-state index is 11.8. The summed E-state index contributed by atoms with van der Waals surface area (Å²) in [7, 11) is 0. The minimum absolute atomic E-state index is 0.260. The van der Waals surface area contributed by atoms with Gasteiger partial charge in [-0.25, -0.2) is 8.78 Å². The van der Waals surface area contributed by atoms with Crippen LogP contribution in [0.5, 0.6) is 5.75 Å². The monoisotopic (exact) mass is 261 g/mol. The lowest BCUT2D eigenvalue weighted by molar-refractivity contribution is 0.0818. The average molecular weight is 262 g/mol. The molecule has 0 radical (unpaired) electrons. The first-order valence-electron chi connectivity index (χ1n) is 3.73. The summed E-state index contributed by atoms with van der Waals surface area (Å²) < 4.78 is 29.0. The number of nitrogens with zero attached hydrogens (tertiary/aromatic N) is 1. The van der Waals surface area contributed by atoms with E-state index < -0.39 is 13.0 Å². The molecular formula is C9H6BrF2NO. The number of alkyl halides is 2. The molecular weight excluding hydrogens is 256 g/mol. The maximum Gasteiger partial charge on any atom is 0.272 e. The Kier molecular flexibility index (Phi) is 3.84. The molecule has 0 fully saturated rings. The summed E-state index contributed by atoms with van der Waals surface area (Å²) in [5.41, 5.74) is 0.364. The van der Waals surface area contributed by atoms with Crippen LogP contribution in [0, 0.1) is 11.3 Å². The number of benzene rings is 1. The zero-order chi connectivity index (χ0) is 10.6. The molecule has 2 nitrogen and oxygen atoms in total. The Morgan fingerprint density at radius 2 is 2.14 bits per heavy atom. The van der Waals surface area contributed by atoms with Gasteiger partial charge in [0.1, 0.15) is 12.4 Å². The molecule has 0 aromatic heterocycles. The Balaban J connectivity index is 2.78. The molecule has 0 bridgehead atoms. The van der Waals surface area contributed by atoms with Crippen molar-refractivity contribution in [2.24, 2.45) is 0 Å². The molecule has 1 aromatic carbocycles. The van der Waals surface area contributed by atoms with E-state index in [0.29, 0.717) is 10.0 Å². The smallest absolute Gasteiger partial charge is 0.272 e. The highest BCUT2D eigenvalue weighted by atomic mass is 79.9. The van der Waals surface area contributed by atoms with E-state index in [-0.39, 0.29) is 5.75 Å². The quantitative estimate of drug-likeness (QED) is 0.838. The van der Waals surface area contributed by atoms with Crippen LogP contribution in [0.2, 0.25) is 0 Å². The fourth-order valence-corrected chi connectivity index (χ4v) is 1.34. The van der Waals surface area contributed by atoms with E-state index in [9.17, 15) is 8.78 Å². The molecule has 0 spiro atoms. The summed E-state index contributed by atoms with van der Waals surface area (Å²) in [5.74, 6) is 0.260. The van der Waals surface area contributed by atoms with Crippen molar-refractivity contribution in [2.75, 3.05) is 6.61 Å². The Hall–Kier alpha value is -1.15. The second kappa shape index (κ2) is 4.91. The molecule has 1 aromatic rings. The Bertz CT molecular complexity index is 362. The third-order valence-corrected chi connectivity index (χ3v) is 1.83. The number of nitriles is 1. The molecule has 0 aliphatic heterocycles. The summed E-state index contributed by atoms with van der Waals surface area (Å²) in [4.78, 5) is 0. The van der Waals surface area contributed by atoms with E-state index >= 15 is 0 Å². The molecule has 0 amide bonds. The number of ether oxygens (including phenoxy) is 1. The minimum Gasteiger partial charge on any atom is -0.488 e. The third-order valence-electron chi connectivity index (χ3n) is 1.38. The van der Waals surface area contributed by atoms with Crippen molar-refractivity contribution in [3.63, 3.8) is 0 Å². The fourth-order valence-electron chi connectivity index (χ4n) is 0.870. The Morgan fingerprint density at radius 3 is 2.71 bits per heavy atom. The molecule has 0 unspecified atom stereocenters. The van der Waals surface area contributed by atoms with E-state index in [1.807, 2.05) is 6.07 Å². The zero-order valence-electron chi connectivity index (χ0n) is 7.01. The van der Waals surface area contributed by atoms with Gasteiger partial charge in [-0.15, -0.1) is 0 Å². The van der Waals surface area contributed by atoms with Crippen LogP contribution in [0.1, 0.15) is 5.56 Å². The molecule has 1 rings (SSSR count). The van der Waals surface area contributed by atoms with Crippen LogP contribution < -0.4 is 4.74 Å². The normalized spacial score (nSPS) is 9.93. The van der Waals surface area contributed by atoms with E-state index in [4.69, 9.17) is 10.00 Å². The standard InChI is InChI=1S/C9H6BrF2NO/c10-7-1-6(4-13)2-8(3-7)14-5-9(11)12/h1-3,9H,5H2. The number of halogens is 3. The van der Waals surface area contributed by atoms with E-state index in [1.54, 1.807) is 6.07 Å². The zero-order valence-corrected chi connectivity index (χ0v) is 8.59. The predicted octanol–water partition coefficient (Wildman–Crippen LogP) is 2.96. The summed E-state index contributed by atoms with van der Waals surface area (Å²) in [6.45, 7) is -0.665. The maximum absolute atomic E-state index is 11.8. The summed E-state index contributed by atoms with van der Waals surface area (Å²) in [6, 6.07) is 6.42. The van der Waals surface area contributed by atoms with E-state index in [1.165, 1.54) is 12.1 Å². The fraction of sp³-hybridized carbons (Fsp3) is 0.222. The van der Waals surface area contributed by atoms with Crippen LogP contribution in [-0.2, 0) is 0 Å². The van der Waals surface area contributed by atoms with Gasteiger partial charge in [-0.05, 0) is 18.2 Å². The number of rotatable bonds is 3. The lowest BCUT2D eigenvalue weighted by atomic mass is 10.2. The Labute approximate surface area is 88.2 Å². The van der Waals surface area contributed by atoms with Gasteiger partial charge in [0, 0.05) is 4.47 Å². The van der Waals surface area contributed by atoms with Gasteiger partial charge in [-0.1, -0.05) is 15.9 Å². The molecule has 0 aliphatic carbocycles. The first-order valence-corrected chi connectivity index (χ1v) is 4.53. The second-order valence-electron chi connectivity index (χ2n) is 2.49. The van der Waals surface area contributed by atoms with Crippen molar-refractivity contribution in [2.45, 2.75) is 6.43 Å². The first-order chi connectivity index (χ1) is 6.61. The summed E-state index contributed by atoms with van der Waals surface area (Å²) >= 11 is 3.14. The van der Waals surface area contributed by atoms with Crippen LogP contribution in [0.3, 0.4) is 0 Å². The molecule has 0 saturated heterocycles. The van der Waals surface area contributed by atoms with Crippen LogP contribution in [0.25, 0.3) is 0 Å². The van der Waals surface area contributed by atoms with Gasteiger partial charge in [0.2, 0.25) is 0 Å². The molecule has 0 heterocycles. The van der Waals surface area contributed by atoms with Gasteiger partial charge in [0.05, 0.1) is 11.6 Å². The summed E-state index contributed by atoms with van der Waals surface area (Å²) in [6.07, 6.45) is -2.51. The van der Waals surface area contributed by atoms with Crippen LogP contribution in [-0.4, -0.2) is 13.0 Å². The molecule has 0 aliphatic rings. The van der Waals surface area contributed by atoms with Gasteiger partial charge in [-0.2, -0.15) is 5.26 Å². The highest BCUT2D eigenvalue weighted by molar-refractivity contribution is 9.10. The SMILES string of the molecule is N#Cc1cc(Br)cc(OCC(F)F)c1. The van der Waals surface area contributed by atoms with Gasteiger partial charge in [-0.3, -0.25) is 0 Å². The van der Waals surface area contributed by atoms with Crippen molar-refractivity contribution in [1.29, 1.82) is 5.26 Å². The van der Waals surface area contributed by atoms with E-state index in [2.05, 4.69) is 15.9 Å². The van der Waals surface area contributed by atoms with Gasteiger partial charge >= 0.3 is 0 Å². The largest absolute Gasteiger partial charge is 0.488 e. The Morgan fingerprint density at radius 1 is 1.43 bits per heavy atom. The first kappa shape index (κ1) is 10.9. The van der Waals surface area contributed by atoms with E-state index in [0.717, 1.165) is 0 Å². The van der Waals surface area contributed by atoms with Crippen LogP contribution in [0.4, 0.5) is 8.78 Å². The highest BCUT2D eigenvalue weighted by Crippen LogP contribution is 2.21. The van der Waals surface area contributed by atoms with Gasteiger partial charge in [0.15, 0.2) is 0 Å². The third kappa shape index (κ3) is 3.30. The number of hydrogen-bond donors (Lipinski definition) is 0. The minimum atomic E-state index is -2.51.